The van der Waals surface area contributed by atoms with Gasteiger partial charge in [0, 0.05) is 6.54 Å². The number of hydrogen-bond donors (Lipinski definition) is 2. The Hall–Kier alpha value is -2.41. The first-order chi connectivity index (χ1) is 13.8. The van der Waals surface area contributed by atoms with Gasteiger partial charge in [-0.15, -0.1) is 0 Å². The molecule has 29 heavy (non-hydrogen) atoms. The molecule has 0 aliphatic carbocycles. The van der Waals surface area contributed by atoms with Crippen molar-refractivity contribution in [3.63, 3.8) is 0 Å². The van der Waals surface area contributed by atoms with E-state index in [1.807, 2.05) is 68.4 Å². The third-order valence-electron chi connectivity index (χ3n) is 5.11. The second-order valence-electron chi connectivity index (χ2n) is 7.95. The number of benzene rings is 2. The summed E-state index contributed by atoms with van der Waals surface area (Å²) in [5, 5.41) is 12.8. The lowest BCUT2D eigenvalue weighted by molar-refractivity contribution is -0.140. The molecule has 0 bridgehead atoms. The van der Waals surface area contributed by atoms with Gasteiger partial charge in [0.2, 0.25) is 5.91 Å². The molecule has 156 valence electrons. The van der Waals surface area contributed by atoms with E-state index in [-0.39, 0.29) is 18.6 Å². The third-order valence-corrected chi connectivity index (χ3v) is 5.11. The van der Waals surface area contributed by atoms with Crippen molar-refractivity contribution in [3.05, 3.63) is 65.7 Å². The van der Waals surface area contributed by atoms with Crippen LogP contribution in [0.4, 0.5) is 0 Å². The topological polar surface area (TPSA) is 77.0 Å². The van der Waals surface area contributed by atoms with E-state index in [9.17, 15) is 9.90 Å². The minimum Gasteiger partial charge on any atom is -0.489 e. The first-order valence-electron chi connectivity index (χ1n) is 9.80. The van der Waals surface area contributed by atoms with Crippen LogP contribution < -0.4 is 10.1 Å². The number of amides is 1. The summed E-state index contributed by atoms with van der Waals surface area (Å²) < 4.78 is 17.0. The Morgan fingerprint density at radius 3 is 2.48 bits per heavy atom. The predicted octanol–water partition coefficient (Wildman–Crippen LogP) is 2.78. The molecular weight excluding hydrogens is 370 g/mol. The molecule has 2 atom stereocenters. The van der Waals surface area contributed by atoms with E-state index in [1.165, 1.54) is 0 Å². The van der Waals surface area contributed by atoms with E-state index in [4.69, 9.17) is 14.2 Å². The molecule has 6 heteroatoms. The number of carbonyl (C=O) groups excluding carboxylic acids is 1. The Morgan fingerprint density at radius 2 is 1.90 bits per heavy atom. The highest BCUT2D eigenvalue weighted by Gasteiger charge is 2.37. The van der Waals surface area contributed by atoms with Crippen molar-refractivity contribution in [1.29, 1.82) is 0 Å². The van der Waals surface area contributed by atoms with Crippen molar-refractivity contribution >= 4 is 5.91 Å². The predicted molar refractivity (Wildman–Crippen MR) is 110 cm³/mol. The monoisotopic (exact) mass is 399 g/mol. The molecule has 1 aliphatic heterocycles. The van der Waals surface area contributed by atoms with Gasteiger partial charge in [0.1, 0.15) is 18.5 Å². The third kappa shape index (κ3) is 5.35. The SMILES string of the molecule is CC1(C)OCC(CNC(=O)C(C)(CO)c2ccc(OCc3ccccc3)cc2)O1. The number of ether oxygens (including phenoxy) is 3. The molecule has 0 saturated carbocycles. The summed E-state index contributed by atoms with van der Waals surface area (Å²) >= 11 is 0. The summed E-state index contributed by atoms with van der Waals surface area (Å²) in [5.41, 5.74) is 0.735. The van der Waals surface area contributed by atoms with Crippen LogP contribution >= 0.6 is 0 Å². The number of hydrogen-bond acceptors (Lipinski definition) is 5. The molecule has 1 aliphatic rings. The Labute approximate surface area is 171 Å². The quantitative estimate of drug-likeness (QED) is 0.714. The fourth-order valence-electron chi connectivity index (χ4n) is 3.22. The number of aliphatic hydroxyl groups is 1. The van der Waals surface area contributed by atoms with Gasteiger partial charge < -0.3 is 24.6 Å². The van der Waals surface area contributed by atoms with Crippen LogP contribution in [0.15, 0.2) is 54.6 Å². The fraction of sp³-hybridized carbons (Fsp3) is 0.435. The van der Waals surface area contributed by atoms with Gasteiger partial charge >= 0.3 is 0 Å². The van der Waals surface area contributed by atoms with Crippen molar-refractivity contribution in [2.75, 3.05) is 19.8 Å². The van der Waals surface area contributed by atoms with Gasteiger partial charge in [0.25, 0.3) is 0 Å². The maximum Gasteiger partial charge on any atom is 0.232 e. The van der Waals surface area contributed by atoms with Crippen LogP contribution in [0.5, 0.6) is 5.75 Å². The molecule has 1 amide bonds. The summed E-state index contributed by atoms with van der Waals surface area (Å²) in [7, 11) is 0. The number of rotatable bonds is 8. The van der Waals surface area contributed by atoms with Gasteiger partial charge in [-0.05, 0) is 44.0 Å². The second-order valence-corrected chi connectivity index (χ2v) is 7.95. The second kappa shape index (κ2) is 8.95. The van der Waals surface area contributed by atoms with E-state index in [1.54, 1.807) is 6.92 Å². The molecule has 2 unspecified atom stereocenters. The smallest absolute Gasteiger partial charge is 0.232 e. The first kappa shape index (κ1) is 21.3. The molecule has 0 spiro atoms. The van der Waals surface area contributed by atoms with E-state index in [0.29, 0.717) is 31.1 Å². The van der Waals surface area contributed by atoms with Crippen molar-refractivity contribution < 1.29 is 24.1 Å². The number of nitrogens with one attached hydrogen (secondary N) is 1. The highest BCUT2D eigenvalue weighted by Crippen LogP contribution is 2.27. The van der Waals surface area contributed by atoms with Crippen molar-refractivity contribution in [3.8, 4) is 5.75 Å². The largest absolute Gasteiger partial charge is 0.489 e. The summed E-state index contributed by atoms with van der Waals surface area (Å²) in [4.78, 5) is 12.8. The Bertz CT molecular complexity index is 806. The zero-order valence-electron chi connectivity index (χ0n) is 17.2. The molecule has 0 radical (unpaired) electrons. The fourth-order valence-corrected chi connectivity index (χ4v) is 3.22. The van der Waals surface area contributed by atoms with Crippen LogP contribution in [0, 0.1) is 0 Å². The lowest BCUT2D eigenvalue weighted by Gasteiger charge is -2.27. The average molecular weight is 399 g/mol. The zero-order chi connectivity index (χ0) is 20.9. The van der Waals surface area contributed by atoms with Gasteiger partial charge in [-0.1, -0.05) is 42.5 Å². The molecule has 0 aromatic heterocycles. The summed E-state index contributed by atoms with van der Waals surface area (Å²) in [6.07, 6.45) is -0.203. The van der Waals surface area contributed by atoms with Crippen LogP contribution in [0.3, 0.4) is 0 Å². The van der Waals surface area contributed by atoms with Crippen LogP contribution in [-0.4, -0.2) is 42.7 Å². The molecular formula is C23H29NO5. The van der Waals surface area contributed by atoms with E-state index < -0.39 is 11.2 Å². The van der Waals surface area contributed by atoms with E-state index >= 15 is 0 Å². The molecule has 1 fully saturated rings. The summed E-state index contributed by atoms with van der Waals surface area (Å²) in [5.74, 6) is -0.186. The maximum atomic E-state index is 12.8. The van der Waals surface area contributed by atoms with Crippen LogP contribution in [0.1, 0.15) is 31.9 Å². The van der Waals surface area contributed by atoms with Gasteiger partial charge in [0.05, 0.1) is 18.6 Å². The van der Waals surface area contributed by atoms with Crippen molar-refractivity contribution in [2.24, 2.45) is 0 Å². The number of carbonyl (C=O) groups is 1. The van der Waals surface area contributed by atoms with Gasteiger partial charge in [-0.3, -0.25) is 4.79 Å². The van der Waals surface area contributed by atoms with Crippen molar-refractivity contribution in [1.82, 2.24) is 5.32 Å². The van der Waals surface area contributed by atoms with Gasteiger partial charge in [0.15, 0.2) is 5.79 Å². The molecule has 1 saturated heterocycles. The molecule has 1 heterocycles. The molecule has 2 aromatic carbocycles. The number of aliphatic hydroxyl groups excluding tert-OH is 1. The van der Waals surface area contributed by atoms with E-state index in [0.717, 1.165) is 5.56 Å². The van der Waals surface area contributed by atoms with Crippen LogP contribution in [-0.2, 0) is 26.3 Å². The van der Waals surface area contributed by atoms with Crippen molar-refractivity contribution in [2.45, 2.75) is 44.7 Å². The lowest BCUT2D eigenvalue weighted by atomic mass is 9.82. The highest BCUT2D eigenvalue weighted by molar-refractivity contribution is 5.88. The maximum absolute atomic E-state index is 12.8. The highest BCUT2D eigenvalue weighted by atomic mass is 16.7. The molecule has 6 nitrogen and oxygen atoms in total. The van der Waals surface area contributed by atoms with E-state index in [2.05, 4.69) is 5.32 Å². The first-order valence-corrected chi connectivity index (χ1v) is 9.80. The normalized spacial score (nSPS) is 20.1. The molecule has 2 N–H and O–H groups in total. The Morgan fingerprint density at radius 1 is 1.21 bits per heavy atom. The molecule has 3 rings (SSSR count). The summed E-state index contributed by atoms with van der Waals surface area (Å²) in [6.45, 7) is 6.32. The van der Waals surface area contributed by atoms with Crippen LogP contribution in [0.25, 0.3) is 0 Å². The minimum absolute atomic E-state index is 0.203. The van der Waals surface area contributed by atoms with Gasteiger partial charge in [-0.25, -0.2) is 0 Å². The minimum atomic E-state index is -1.06. The standard InChI is InChI=1S/C23H29NO5/c1-22(2)28-15-20(29-22)13-24-21(26)23(3,16-25)18-9-11-19(12-10-18)27-14-17-7-5-4-6-8-17/h4-12,20,25H,13-16H2,1-3H3,(H,24,26). The Balaban J connectivity index is 1.59. The average Bonchev–Trinajstić information content (AvgIpc) is 3.09. The summed E-state index contributed by atoms with van der Waals surface area (Å²) in [6, 6.07) is 17.2. The molecule has 2 aromatic rings. The Kier molecular flexibility index (Phi) is 6.57. The van der Waals surface area contributed by atoms with Crippen LogP contribution in [0.2, 0.25) is 0 Å². The lowest BCUT2D eigenvalue weighted by Crippen LogP contribution is -2.47. The van der Waals surface area contributed by atoms with Gasteiger partial charge in [-0.2, -0.15) is 0 Å². The zero-order valence-corrected chi connectivity index (χ0v) is 17.2.